The number of hydrogen-bond donors (Lipinski definition) is 2. The molecule has 4 atom stereocenters. The maximum absolute atomic E-state index is 13.1. The van der Waals surface area contributed by atoms with E-state index < -0.39 is 29.4 Å². The number of likely N-dealkylation sites (tertiary alicyclic amines) is 2. The summed E-state index contributed by atoms with van der Waals surface area (Å²) >= 11 is 0. The minimum absolute atomic E-state index is 0.190. The first-order valence-electron chi connectivity index (χ1n) is 11.2. The second-order valence-corrected chi connectivity index (χ2v) is 9.15. The zero-order chi connectivity index (χ0) is 23.0. The van der Waals surface area contributed by atoms with Crippen LogP contribution in [0.15, 0.2) is 6.33 Å². The third kappa shape index (κ3) is 3.78. The van der Waals surface area contributed by atoms with E-state index in [2.05, 4.69) is 15.4 Å². The van der Waals surface area contributed by atoms with Gasteiger partial charge in [-0.3, -0.25) is 19.2 Å². The van der Waals surface area contributed by atoms with Crippen molar-refractivity contribution < 1.29 is 24.3 Å². The lowest BCUT2D eigenvalue weighted by molar-refractivity contribution is -0.164. The maximum Gasteiger partial charge on any atom is 0.247 e. The number of aliphatic hydroxyl groups is 1. The fraction of sp³-hybridized carbons (Fsp3) is 0.714. The van der Waals surface area contributed by atoms with Crippen LogP contribution in [0.25, 0.3) is 0 Å². The maximum atomic E-state index is 13.1. The van der Waals surface area contributed by atoms with E-state index in [4.69, 9.17) is 0 Å². The Morgan fingerprint density at radius 1 is 1.28 bits per heavy atom. The highest BCUT2D eigenvalue weighted by Gasteiger charge is 2.61. The summed E-state index contributed by atoms with van der Waals surface area (Å²) in [4.78, 5) is 58.4. The van der Waals surface area contributed by atoms with Gasteiger partial charge in [-0.05, 0) is 32.6 Å². The molecule has 174 valence electrons. The van der Waals surface area contributed by atoms with Crippen LogP contribution in [0.1, 0.15) is 49.6 Å². The normalized spacial score (nSPS) is 26.8. The second-order valence-electron chi connectivity index (χ2n) is 9.15. The van der Waals surface area contributed by atoms with Crippen LogP contribution in [-0.4, -0.2) is 91.5 Å². The molecular formula is C21H30N6O5. The lowest BCUT2D eigenvalue weighted by Crippen LogP contribution is -2.66. The van der Waals surface area contributed by atoms with Crippen molar-refractivity contribution in [2.24, 2.45) is 18.4 Å². The number of aromatic nitrogens is 3. The number of rotatable bonds is 7. The van der Waals surface area contributed by atoms with E-state index in [9.17, 15) is 24.3 Å². The number of ketones is 1. The van der Waals surface area contributed by atoms with Crippen LogP contribution in [0.2, 0.25) is 0 Å². The average Bonchev–Trinajstić information content (AvgIpc) is 3.51. The van der Waals surface area contributed by atoms with Gasteiger partial charge in [-0.2, -0.15) is 5.10 Å². The second kappa shape index (κ2) is 8.61. The van der Waals surface area contributed by atoms with Crippen molar-refractivity contribution in [2.75, 3.05) is 26.2 Å². The zero-order valence-electron chi connectivity index (χ0n) is 18.5. The van der Waals surface area contributed by atoms with Crippen molar-refractivity contribution in [1.29, 1.82) is 0 Å². The number of hydrogen-bond acceptors (Lipinski definition) is 7. The molecule has 0 radical (unpaired) electrons. The van der Waals surface area contributed by atoms with Gasteiger partial charge >= 0.3 is 0 Å². The third-order valence-corrected chi connectivity index (χ3v) is 7.03. The number of aliphatic hydroxyl groups excluding tert-OH is 1. The van der Waals surface area contributed by atoms with Gasteiger partial charge in [-0.25, -0.2) is 9.67 Å². The fourth-order valence-electron chi connectivity index (χ4n) is 5.32. The van der Waals surface area contributed by atoms with Gasteiger partial charge in [0.15, 0.2) is 5.82 Å². The smallest absolute Gasteiger partial charge is 0.247 e. The van der Waals surface area contributed by atoms with E-state index in [1.807, 2.05) is 0 Å². The molecule has 1 aromatic heterocycles. The van der Waals surface area contributed by atoms with Crippen molar-refractivity contribution in [3.63, 3.8) is 0 Å². The number of nitrogens with zero attached hydrogens (tertiary/aromatic N) is 5. The molecule has 2 aliphatic heterocycles. The van der Waals surface area contributed by atoms with Crippen LogP contribution < -0.4 is 5.32 Å². The first kappa shape index (κ1) is 22.4. The minimum Gasteiger partial charge on any atom is -0.391 e. The van der Waals surface area contributed by atoms with Gasteiger partial charge in [-0.15, -0.1) is 0 Å². The summed E-state index contributed by atoms with van der Waals surface area (Å²) in [5, 5.41) is 16.6. The van der Waals surface area contributed by atoms with E-state index >= 15 is 0 Å². The molecule has 3 amide bonds. The Bertz CT molecular complexity index is 924. The first-order chi connectivity index (χ1) is 15.2. The van der Waals surface area contributed by atoms with E-state index in [1.54, 1.807) is 11.9 Å². The number of β-lactam (4-membered cyclic amide) rings is 1. The molecule has 11 heteroatoms. The summed E-state index contributed by atoms with van der Waals surface area (Å²) in [6.07, 6.45) is 4.04. The highest BCUT2D eigenvalue weighted by atomic mass is 16.3. The van der Waals surface area contributed by atoms with Crippen molar-refractivity contribution >= 4 is 23.5 Å². The summed E-state index contributed by atoms with van der Waals surface area (Å²) in [6.45, 7) is 2.80. The van der Waals surface area contributed by atoms with E-state index in [-0.39, 0.29) is 30.0 Å². The predicted molar refractivity (Wildman–Crippen MR) is 111 cm³/mol. The summed E-state index contributed by atoms with van der Waals surface area (Å²) in [7, 11) is 1.64. The van der Waals surface area contributed by atoms with Crippen LogP contribution >= 0.6 is 0 Å². The molecule has 3 aliphatic rings. The van der Waals surface area contributed by atoms with E-state index in [1.165, 1.54) is 22.8 Å². The number of Topliss-reactive ketones (excluding diaryl/α,β-unsaturated/α-hetero) is 1. The topological polar surface area (TPSA) is 138 Å². The standard InChI is InChI=1S/C21H30N6O5/c1-13(28)16(19(31)26-8-3-4-9-26)24-15(29)10-27-11-21(20(27)32)7-5-6-14(21)17(30)18-22-12-23-25(18)2/h12-14,16,28H,3-11H2,1-2H3,(H,24,29)/t13-,14?,16+,21?/m1/s1. The molecule has 1 aliphatic carbocycles. The van der Waals surface area contributed by atoms with Gasteiger partial charge in [-0.1, -0.05) is 6.42 Å². The minimum atomic E-state index is -1.05. The van der Waals surface area contributed by atoms with Crippen LogP contribution in [-0.2, 0) is 21.4 Å². The molecule has 32 heavy (non-hydrogen) atoms. The summed E-state index contributed by atoms with van der Waals surface area (Å²) < 4.78 is 1.41. The molecule has 11 nitrogen and oxygen atoms in total. The highest BCUT2D eigenvalue weighted by molar-refractivity contribution is 6.03. The quantitative estimate of drug-likeness (QED) is 0.410. The Morgan fingerprint density at radius 2 is 2.00 bits per heavy atom. The lowest BCUT2D eigenvalue weighted by Gasteiger charge is -2.49. The Balaban J connectivity index is 1.37. The number of carbonyl (C=O) groups excluding carboxylic acids is 4. The molecule has 2 N–H and O–H groups in total. The molecule has 4 rings (SSSR count). The molecular weight excluding hydrogens is 416 g/mol. The van der Waals surface area contributed by atoms with Crippen LogP contribution in [0.3, 0.4) is 0 Å². The van der Waals surface area contributed by atoms with Crippen molar-refractivity contribution in [1.82, 2.24) is 29.9 Å². The molecule has 0 bridgehead atoms. The monoisotopic (exact) mass is 446 g/mol. The van der Waals surface area contributed by atoms with Gasteiger partial charge in [0.1, 0.15) is 12.4 Å². The van der Waals surface area contributed by atoms with Crippen molar-refractivity contribution in [3.8, 4) is 0 Å². The van der Waals surface area contributed by atoms with E-state index in [0.717, 1.165) is 19.3 Å². The molecule has 1 aromatic rings. The average molecular weight is 447 g/mol. The molecule has 3 fully saturated rings. The Hall–Kier alpha value is -2.82. The molecule has 2 unspecified atom stereocenters. The van der Waals surface area contributed by atoms with Crippen LogP contribution in [0, 0.1) is 11.3 Å². The van der Waals surface area contributed by atoms with Gasteiger partial charge in [0.25, 0.3) is 0 Å². The molecule has 1 spiro atoms. The molecule has 0 aromatic carbocycles. The summed E-state index contributed by atoms with van der Waals surface area (Å²) in [5.41, 5.74) is -0.793. The predicted octanol–water partition coefficient (Wildman–Crippen LogP) is -0.885. The number of aryl methyl sites for hydroxylation is 1. The van der Waals surface area contributed by atoms with Crippen LogP contribution in [0.5, 0.6) is 0 Å². The largest absolute Gasteiger partial charge is 0.391 e. The van der Waals surface area contributed by atoms with Crippen molar-refractivity contribution in [3.05, 3.63) is 12.2 Å². The van der Waals surface area contributed by atoms with Gasteiger partial charge < -0.3 is 20.2 Å². The Morgan fingerprint density at radius 3 is 2.59 bits per heavy atom. The first-order valence-corrected chi connectivity index (χ1v) is 11.2. The number of nitrogens with one attached hydrogen (secondary N) is 1. The Kier molecular flexibility index (Phi) is 6.02. The number of amides is 3. The zero-order valence-corrected chi connectivity index (χ0v) is 18.5. The summed E-state index contributed by atoms with van der Waals surface area (Å²) in [6, 6.07) is -1.04. The molecule has 2 saturated heterocycles. The molecule has 1 saturated carbocycles. The fourth-order valence-corrected chi connectivity index (χ4v) is 5.32. The number of carbonyl (C=O) groups is 4. The SMILES string of the molecule is C[C@@H](O)[C@H](NC(=O)CN1CC2(CCCC2C(=O)c2ncnn2C)C1=O)C(=O)N1CCCC1. The Labute approximate surface area is 186 Å². The lowest BCUT2D eigenvalue weighted by atomic mass is 9.68. The molecule has 3 heterocycles. The third-order valence-electron chi connectivity index (χ3n) is 7.03. The van der Waals surface area contributed by atoms with Gasteiger partial charge in [0.2, 0.25) is 23.5 Å². The van der Waals surface area contributed by atoms with Gasteiger partial charge in [0, 0.05) is 32.6 Å². The highest BCUT2D eigenvalue weighted by Crippen LogP contribution is 2.51. The van der Waals surface area contributed by atoms with Crippen molar-refractivity contribution in [2.45, 2.75) is 51.2 Å². The van der Waals surface area contributed by atoms with E-state index in [0.29, 0.717) is 32.5 Å². The summed E-state index contributed by atoms with van der Waals surface area (Å²) in [5.74, 6) is -1.45. The van der Waals surface area contributed by atoms with Crippen LogP contribution in [0.4, 0.5) is 0 Å². The van der Waals surface area contributed by atoms with Gasteiger partial charge in [0.05, 0.1) is 18.1 Å².